The average molecular weight is 376 g/mol. The van der Waals surface area contributed by atoms with Crippen molar-refractivity contribution in [2.75, 3.05) is 5.32 Å². The van der Waals surface area contributed by atoms with Crippen LogP contribution < -0.4 is 10.0 Å². The summed E-state index contributed by atoms with van der Waals surface area (Å²) in [6, 6.07) is 10.2. The second kappa shape index (κ2) is 7.55. The molecule has 3 rings (SSSR count). The van der Waals surface area contributed by atoms with Crippen LogP contribution in [-0.2, 0) is 10.0 Å². The molecule has 1 saturated carbocycles. The first-order valence-electron chi connectivity index (χ1n) is 8.55. The lowest BCUT2D eigenvalue weighted by Crippen LogP contribution is -2.32. The van der Waals surface area contributed by atoms with Crippen molar-refractivity contribution in [3.63, 3.8) is 0 Å². The summed E-state index contributed by atoms with van der Waals surface area (Å²) < 4.78 is 41.3. The lowest BCUT2D eigenvalue weighted by atomic mass is 10.2. The third kappa shape index (κ3) is 4.28. The first-order valence-corrected chi connectivity index (χ1v) is 10.0. The smallest absolute Gasteiger partial charge is 0.255 e. The highest BCUT2D eigenvalue weighted by molar-refractivity contribution is 7.89. The van der Waals surface area contributed by atoms with Crippen LogP contribution in [0.25, 0.3) is 0 Å². The van der Waals surface area contributed by atoms with Crippen LogP contribution in [0.4, 0.5) is 10.1 Å². The zero-order chi connectivity index (χ0) is 18.7. The summed E-state index contributed by atoms with van der Waals surface area (Å²) in [5.41, 5.74) is 0.991. The summed E-state index contributed by atoms with van der Waals surface area (Å²) in [7, 11) is -3.67. The second-order valence-electron chi connectivity index (χ2n) is 6.55. The number of carbonyl (C=O) groups is 1. The van der Waals surface area contributed by atoms with Gasteiger partial charge in [-0.3, -0.25) is 4.79 Å². The summed E-state index contributed by atoms with van der Waals surface area (Å²) >= 11 is 0. The van der Waals surface area contributed by atoms with Gasteiger partial charge in [-0.15, -0.1) is 0 Å². The molecule has 1 fully saturated rings. The van der Waals surface area contributed by atoms with Crippen molar-refractivity contribution in [1.29, 1.82) is 0 Å². The van der Waals surface area contributed by atoms with Crippen LogP contribution in [0.1, 0.15) is 41.6 Å². The summed E-state index contributed by atoms with van der Waals surface area (Å²) in [6.45, 7) is 1.63. The van der Waals surface area contributed by atoms with E-state index in [2.05, 4.69) is 10.0 Å². The fourth-order valence-corrected chi connectivity index (χ4v) is 4.36. The maximum atomic E-state index is 13.6. The molecular weight excluding hydrogens is 355 g/mol. The summed E-state index contributed by atoms with van der Waals surface area (Å²) in [5, 5.41) is 2.58. The standard InChI is InChI=1S/C19H21FN2O3S/c1-13-9-10-16(12-18(13)20)21-19(23)14-5-4-8-17(11-14)26(24,25)22-15-6-2-3-7-15/h4-5,8-12,15,22H,2-3,6-7H2,1H3,(H,21,23). The largest absolute Gasteiger partial charge is 0.322 e. The van der Waals surface area contributed by atoms with Gasteiger partial charge in [-0.05, 0) is 55.7 Å². The molecule has 138 valence electrons. The molecular formula is C19H21FN2O3S. The van der Waals surface area contributed by atoms with Crippen molar-refractivity contribution in [2.24, 2.45) is 0 Å². The van der Waals surface area contributed by atoms with Crippen LogP contribution in [0.5, 0.6) is 0 Å². The molecule has 0 unspecified atom stereocenters. The Kier molecular flexibility index (Phi) is 5.38. The van der Waals surface area contributed by atoms with Crippen LogP contribution in [0.2, 0.25) is 0 Å². The van der Waals surface area contributed by atoms with Crippen LogP contribution in [0, 0.1) is 12.7 Å². The van der Waals surface area contributed by atoms with E-state index >= 15 is 0 Å². The Morgan fingerprint density at radius 2 is 1.85 bits per heavy atom. The van der Waals surface area contributed by atoms with Gasteiger partial charge in [-0.2, -0.15) is 0 Å². The fourth-order valence-electron chi connectivity index (χ4n) is 3.01. The van der Waals surface area contributed by atoms with E-state index in [0.29, 0.717) is 11.3 Å². The number of rotatable bonds is 5. The van der Waals surface area contributed by atoms with Gasteiger partial charge in [0.05, 0.1) is 4.90 Å². The number of anilines is 1. The Morgan fingerprint density at radius 3 is 2.54 bits per heavy atom. The van der Waals surface area contributed by atoms with Crippen LogP contribution in [0.15, 0.2) is 47.4 Å². The minimum Gasteiger partial charge on any atom is -0.322 e. The number of benzene rings is 2. The van der Waals surface area contributed by atoms with Crippen molar-refractivity contribution in [2.45, 2.75) is 43.5 Å². The minimum atomic E-state index is -3.67. The molecule has 0 bridgehead atoms. The van der Waals surface area contributed by atoms with Gasteiger partial charge >= 0.3 is 0 Å². The third-order valence-electron chi connectivity index (χ3n) is 4.51. The van der Waals surface area contributed by atoms with Gasteiger partial charge < -0.3 is 5.32 Å². The number of amides is 1. The van der Waals surface area contributed by atoms with E-state index in [1.54, 1.807) is 19.1 Å². The summed E-state index contributed by atoms with van der Waals surface area (Å²) in [5.74, 6) is -0.911. The highest BCUT2D eigenvalue weighted by Crippen LogP contribution is 2.21. The molecule has 1 aliphatic carbocycles. The summed E-state index contributed by atoms with van der Waals surface area (Å²) in [6.07, 6.45) is 3.70. The molecule has 5 nitrogen and oxygen atoms in total. The van der Waals surface area contributed by atoms with E-state index in [-0.39, 0.29) is 16.5 Å². The quantitative estimate of drug-likeness (QED) is 0.837. The highest BCUT2D eigenvalue weighted by Gasteiger charge is 2.23. The molecule has 0 saturated heterocycles. The van der Waals surface area contributed by atoms with E-state index in [0.717, 1.165) is 25.7 Å². The Bertz CT molecular complexity index is 922. The predicted octanol–water partition coefficient (Wildman–Crippen LogP) is 3.61. The molecule has 2 N–H and O–H groups in total. The molecule has 2 aromatic rings. The molecule has 2 aromatic carbocycles. The number of aryl methyl sites for hydroxylation is 1. The molecule has 26 heavy (non-hydrogen) atoms. The topological polar surface area (TPSA) is 75.3 Å². The number of halogens is 1. The molecule has 0 radical (unpaired) electrons. The normalized spacial score (nSPS) is 15.2. The van der Waals surface area contributed by atoms with Gasteiger partial charge in [-0.1, -0.05) is 25.0 Å². The van der Waals surface area contributed by atoms with Gasteiger partial charge in [-0.25, -0.2) is 17.5 Å². The van der Waals surface area contributed by atoms with E-state index in [4.69, 9.17) is 0 Å². The van der Waals surface area contributed by atoms with Crippen LogP contribution in [-0.4, -0.2) is 20.4 Å². The Labute approximate surface area is 152 Å². The molecule has 0 spiro atoms. The summed E-state index contributed by atoms with van der Waals surface area (Å²) in [4.78, 5) is 12.4. The lowest BCUT2D eigenvalue weighted by Gasteiger charge is -2.13. The Hall–Kier alpha value is -2.25. The van der Waals surface area contributed by atoms with Crippen LogP contribution >= 0.6 is 0 Å². The zero-order valence-electron chi connectivity index (χ0n) is 14.5. The lowest BCUT2D eigenvalue weighted by molar-refractivity contribution is 0.102. The Morgan fingerprint density at radius 1 is 1.12 bits per heavy atom. The molecule has 0 heterocycles. The number of nitrogens with one attached hydrogen (secondary N) is 2. The molecule has 7 heteroatoms. The van der Waals surface area contributed by atoms with Crippen LogP contribution in [0.3, 0.4) is 0 Å². The first-order chi connectivity index (χ1) is 12.3. The predicted molar refractivity (Wildman–Crippen MR) is 98.1 cm³/mol. The number of sulfonamides is 1. The molecule has 0 aromatic heterocycles. The van der Waals surface area contributed by atoms with Gasteiger partial charge in [0.2, 0.25) is 10.0 Å². The molecule has 0 aliphatic heterocycles. The van der Waals surface area contributed by atoms with Gasteiger partial charge in [0.15, 0.2) is 0 Å². The van der Waals surface area contributed by atoms with E-state index in [1.165, 1.54) is 30.3 Å². The molecule has 0 atom stereocenters. The maximum absolute atomic E-state index is 13.6. The zero-order valence-corrected chi connectivity index (χ0v) is 15.3. The second-order valence-corrected chi connectivity index (χ2v) is 8.26. The third-order valence-corrected chi connectivity index (χ3v) is 6.03. The fraction of sp³-hybridized carbons (Fsp3) is 0.316. The maximum Gasteiger partial charge on any atom is 0.255 e. The van der Waals surface area contributed by atoms with E-state index in [9.17, 15) is 17.6 Å². The van der Waals surface area contributed by atoms with Crippen molar-refractivity contribution < 1.29 is 17.6 Å². The first kappa shape index (κ1) is 18.5. The van der Waals surface area contributed by atoms with Gasteiger partial charge in [0.25, 0.3) is 5.91 Å². The van der Waals surface area contributed by atoms with E-state index in [1.807, 2.05) is 0 Å². The van der Waals surface area contributed by atoms with Gasteiger partial charge in [0, 0.05) is 17.3 Å². The number of hydrogen-bond acceptors (Lipinski definition) is 3. The van der Waals surface area contributed by atoms with Gasteiger partial charge in [0.1, 0.15) is 5.82 Å². The average Bonchev–Trinajstić information content (AvgIpc) is 3.10. The van der Waals surface area contributed by atoms with E-state index < -0.39 is 21.7 Å². The highest BCUT2D eigenvalue weighted by atomic mass is 32.2. The number of carbonyl (C=O) groups excluding carboxylic acids is 1. The SMILES string of the molecule is Cc1ccc(NC(=O)c2cccc(S(=O)(=O)NC3CCCC3)c2)cc1F. The molecule has 1 aliphatic rings. The number of hydrogen-bond donors (Lipinski definition) is 2. The molecule has 1 amide bonds. The van der Waals surface area contributed by atoms with Crippen molar-refractivity contribution in [3.8, 4) is 0 Å². The monoisotopic (exact) mass is 376 g/mol. The minimum absolute atomic E-state index is 0.0481. The van der Waals surface area contributed by atoms with Crippen molar-refractivity contribution >= 4 is 21.6 Å². The van der Waals surface area contributed by atoms with Crippen molar-refractivity contribution in [3.05, 3.63) is 59.4 Å². The Balaban J connectivity index is 1.77. The van der Waals surface area contributed by atoms with Crippen molar-refractivity contribution in [1.82, 2.24) is 4.72 Å².